The number of nitrogens with zero attached hydrogens (tertiary/aromatic N) is 2. The van der Waals surface area contributed by atoms with Crippen molar-refractivity contribution in [2.75, 3.05) is 37.0 Å². The zero-order chi connectivity index (χ0) is 27.7. The number of rotatable bonds is 10. The van der Waals surface area contributed by atoms with Gasteiger partial charge in [-0.3, -0.25) is 9.69 Å². The summed E-state index contributed by atoms with van der Waals surface area (Å²) in [5.41, 5.74) is 1.64. The van der Waals surface area contributed by atoms with E-state index in [4.69, 9.17) is 4.74 Å². The number of benzene rings is 3. The third kappa shape index (κ3) is 7.68. The van der Waals surface area contributed by atoms with Crippen molar-refractivity contribution in [1.29, 1.82) is 0 Å². The van der Waals surface area contributed by atoms with Gasteiger partial charge in [0.1, 0.15) is 6.04 Å². The second-order valence-corrected chi connectivity index (χ2v) is 11.6. The summed E-state index contributed by atoms with van der Waals surface area (Å²) in [4.78, 5) is 30.6. The lowest BCUT2D eigenvalue weighted by Gasteiger charge is -2.36. The van der Waals surface area contributed by atoms with Crippen LogP contribution in [0.5, 0.6) is 0 Å². The molecule has 39 heavy (non-hydrogen) atoms. The molecule has 8 nitrogen and oxygen atoms in total. The van der Waals surface area contributed by atoms with E-state index < -0.39 is 27.8 Å². The summed E-state index contributed by atoms with van der Waals surface area (Å²) in [7, 11) is -3.66. The van der Waals surface area contributed by atoms with Crippen molar-refractivity contribution in [2.24, 2.45) is 0 Å². The third-order valence-corrected chi connectivity index (χ3v) is 8.61. The molecule has 1 aliphatic heterocycles. The number of amides is 3. The number of sulfone groups is 1. The number of urea groups is 1. The lowest BCUT2D eigenvalue weighted by Crippen LogP contribution is -2.56. The first-order valence-corrected chi connectivity index (χ1v) is 14.8. The van der Waals surface area contributed by atoms with Crippen molar-refractivity contribution < 1.29 is 22.7 Å². The molecule has 1 N–H and O–H groups in total. The summed E-state index contributed by atoms with van der Waals surface area (Å²) in [5, 5.41) is 2.97. The van der Waals surface area contributed by atoms with Crippen molar-refractivity contribution in [3.05, 3.63) is 96.6 Å². The molecule has 0 aliphatic carbocycles. The largest absolute Gasteiger partial charge is 0.378 e. The Hall–Kier alpha value is -3.69. The minimum absolute atomic E-state index is 0.213. The van der Waals surface area contributed by atoms with Gasteiger partial charge in [-0.05, 0) is 49.6 Å². The molecule has 1 saturated heterocycles. The highest BCUT2D eigenvalue weighted by Crippen LogP contribution is 2.21. The van der Waals surface area contributed by atoms with Gasteiger partial charge in [0.2, 0.25) is 5.91 Å². The predicted molar refractivity (Wildman–Crippen MR) is 151 cm³/mol. The van der Waals surface area contributed by atoms with E-state index in [-0.39, 0.29) is 16.7 Å². The minimum Gasteiger partial charge on any atom is -0.378 e. The van der Waals surface area contributed by atoms with Gasteiger partial charge in [-0.15, -0.1) is 0 Å². The van der Waals surface area contributed by atoms with Crippen molar-refractivity contribution >= 4 is 27.5 Å². The number of nitrogens with one attached hydrogen (secondary N) is 1. The summed E-state index contributed by atoms with van der Waals surface area (Å²) in [6, 6.07) is 25.2. The van der Waals surface area contributed by atoms with Gasteiger partial charge in [-0.1, -0.05) is 66.7 Å². The second kappa shape index (κ2) is 13.4. The van der Waals surface area contributed by atoms with Crippen LogP contribution in [0.2, 0.25) is 0 Å². The molecule has 1 fully saturated rings. The number of para-hydroxylation sites is 1. The molecule has 0 saturated carbocycles. The first-order valence-electron chi connectivity index (χ1n) is 13.2. The summed E-state index contributed by atoms with van der Waals surface area (Å²) in [6.45, 7) is 3.42. The summed E-state index contributed by atoms with van der Waals surface area (Å²) >= 11 is 0. The number of hydrogen-bond donors (Lipinski definition) is 1. The fourth-order valence-electron chi connectivity index (χ4n) is 4.61. The Morgan fingerprint density at radius 2 is 1.46 bits per heavy atom. The van der Waals surface area contributed by atoms with E-state index in [0.29, 0.717) is 44.8 Å². The van der Waals surface area contributed by atoms with Gasteiger partial charge in [0.25, 0.3) is 0 Å². The van der Waals surface area contributed by atoms with E-state index in [2.05, 4.69) is 5.32 Å². The Balaban J connectivity index is 1.55. The van der Waals surface area contributed by atoms with Crippen LogP contribution in [0.1, 0.15) is 18.9 Å². The Labute approximate surface area is 230 Å². The number of anilines is 1. The van der Waals surface area contributed by atoms with E-state index >= 15 is 0 Å². The maximum atomic E-state index is 13.6. The standard InChI is InChI=1S/C30H35N3O5S/c1-24(33(27-13-7-3-8-14-27)30(35)32-19-21-38-22-20-32)29(34)31-26(18-17-25-11-5-2-6-12-25)23-39(36,37)28-15-9-4-10-16-28/h2-16,24,26H,17-23H2,1H3,(H,31,34)/t24-,26-/m0/s1. The fraction of sp³-hybridized carbons (Fsp3) is 0.333. The molecular formula is C30H35N3O5S. The average molecular weight is 550 g/mol. The number of morpholine rings is 1. The van der Waals surface area contributed by atoms with Crippen LogP contribution in [0.25, 0.3) is 0 Å². The van der Waals surface area contributed by atoms with Crippen LogP contribution < -0.4 is 10.2 Å². The molecule has 0 bridgehead atoms. The van der Waals surface area contributed by atoms with E-state index in [9.17, 15) is 18.0 Å². The molecule has 206 valence electrons. The Morgan fingerprint density at radius 1 is 0.897 bits per heavy atom. The molecule has 3 aromatic carbocycles. The fourth-order valence-corrected chi connectivity index (χ4v) is 6.15. The van der Waals surface area contributed by atoms with Crippen LogP contribution in [0.4, 0.5) is 10.5 Å². The van der Waals surface area contributed by atoms with E-state index in [1.54, 1.807) is 54.3 Å². The van der Waals surface area contributed by atoms with Crippen LogP contribution in [0, 0.1) is 0 Å². The highest BCUT2D eigenvalue weighted by Gasteiger charge is 2.33. The molecular weight excluding hydrogens is 514 g/mol. The molecule has 1 heterocycles. The maximum absolute atomic E-state index is 13.6. The van der Waals surface area contributed by atoms with Crippen LogP contribution >= 0.6 is 0 Å². The number of hydrogen-bond acceptors (Lipinski definition) is 5. The van der Waals surface area contributed by atoms with Gasteiger partial charge in [0.05, 0.1) is 23.9 Å². The predicted octanol–water partition coefficient (Wildman–Crippen LogP) is 3.93. The van der Waals surface area contributed by atoms with Crippen molar-refractivity contribution in [3.63, 3.8) is 0 Å². The molecule has 1 aliphatic rings. The van der Waals surface area contributed by atoms with Crippen LogP contribution in [-0.4, -0.2) is 69.4 Å². The first kappa shape index (κ1) is 28.3. The van der Waals surface area contributed by atoms with Crippen molar-refractivity contribution in [3.8, 4) is 0 Å². The normalized spacial score (nSPS) is 15.3. The molecule has 3 aromatic rings. The SMILES string of the molecule is C[C@@H](C(=O)N[C@@H](CCc1ccccc1)CS(=O)(=O)c1ccccc1)N(C(=O)N1CCOCC1)c1ccccc1. The van der Waals surface area contributed by atoms with Gasteiger partial charge >= 0.3 is 6.03 Å². The first-order chi connectivity index (χ1) is 18.8. The van der Waals surface area contributed by atoms with Gasteiger partial charge in [0.15, 0.2) is 9.84 Å². The summed E-state index contributed by atoms with van der Waals surface area (Å²) in [6.07, 6.45) is 1.02. The molecule has 0 aromatic heterocycles. The molecule has 3 amide bonds. The Kier molecular flexibility index (Phi) is 9.73. The van der Waals surface area contributed by atoms with Crippen molar-refractivity contribution in [2.45, 2.75) is 36.7 Å². The van der Waals surface area contributed by atoms with E-state index in [0.717, 1.165) is 5.56 Å². The number of aryl methyl sites for hydroxylation is 1. The molecule has 0 radical (unpaired) electrons. The smallest absolute Gasteiger partial charge is 0.325 e. The van der Waals surface area contributed by atoms with Gasteiger partial charge in [0, 0.05) is 24.8 Å². The molecule has 4 rings (SSSR count). The number of carbonyl (C=O) groups is 2. The lowest BCUT2D eigenvalue weighted by molar-refractivity contribution is -0.122. The quantitative estimate of drug-likeness (QED) is 0.414. The maximum Gasteiger partial charge on any atom is 0.325 e. The highest BCUT2D eigenvalue weighted by molar-refractivity contribution is 7.91. The van der Waals surface area contributed by atoms with Crippen LogP contribution in [0.15, 0.2) is 95.9 Å². The Morgan fingerprint density at radius 3 is 2.08 bits per heavy atom. The molecule has 0 spiro atoms. The monoisotopic (exact) mass is 549 g/mol. The molecule has 0 unspecified atom stereocenters. The van der Waals surface area contributed by atoms with Gasteiger partial charge in [-0.2, -0.15) is 0 Å². The van der Waals surface area contributed by atoms with E-state index in [1.807, 2.05) is 48.5 Å². The summed E-state index contributed by atoms with van der Waals surface area (Å²) < 4.78 is 31.9. The van der Waals surface area contributed by atoms with Gasteiger partial charge in [-0.25, -0.2) is 13.2 Å². The average Bonchev–Trinajstić information content (AvgIpc) is 2.97. The van der Waals surface area contributed by atoms with E-state index in [1.165, 1.54) is 4.90 Å². The van der Waals surface area contributed by atoms with Crippen LogP contribution in [0.3, 0.4) is 0 Å². The lowest BCUT2D eigenvalue weighted by atomic mass is 10.1. The number of carbonyl (C=O) groups excluding carboxylic acids is 2. The third-order valence-electron chi connectivity index (χ3n) is 6.78. The zero-order valence-electron chi connectivity index (χ0n) is 22.1. The minimum atomic E-state index is -3.66. The Bertz CT molecular complexity index is 1310. The molecule has 9 heteroatoms. The number of ether oxygens (including phenoxy) is 1. The van der Waals surface area contributed by atoms with Crippen molar-refractivity contribution in [1.82, 2.24) is 10.2 Å². The zero-order valence-corrected chi connectivity index (χ0v) is 22.9. The highest BCUT2D eigenvalue weighted by atomic mass is 32.2. The van der Waals surface area contributed by atoms with Gasteiger partial charge < -0.3 is 15.0 Å². The topological polar surface area (TPSA) is 96.0 Å². The second-order valence-electron chi connectivity index (χ2n) is 9.59. The molecule has 2 atom stereocenters. The van der Waals surface area contributed by atoms with Crippen LogP contribution in [-0.2, 0) is 25.8 Å². The summed E-state index contributed by atoms with van der Waals surface area (Å²) in [5.74, 6) is -0.660.